The van der Waals surface area contributed by atoms with E-state index < -0.39 is 53.8 Å². The van der Waals surface area contributed by atoms with Crippen molar-refractivity contribution in [1.82, 2.24) is 16.0 Å². The smallest absolute Gasteiger partial charge is 0.326 e. The monoisotopic (exact) mass is 493 g/mol. The fourth-order valence-electron chi connectivity index (χ4n) is 2.68. The molecule has 0 aliphatic heterocycles. The molecule has 4 amide bonds. The van der Waals surface area contributed by atoms with E-state index in [-0.39, 0.29) is 24.5 Å². The fourth-order valence-corrected chi connectivity index (χ4v) is 3.41. The molecule has 4 atom stereocenters. The van der Waals surface area contributed by atoms with Gasteiger partial charge in [0.05, 0.1) is 6.04 Å². The minimum Gasteiger partial charge on any atom is -0.480 e. The van der Waals surface area contributed by atoms with Crippen molar-refractivity contribution in [2.24, 2.45) is 17.4 Å². The predicted molar refractivity (Wildman–Crippen MR) is 126 cm³/mol. The molecule has 0 bridgehead atoms. The molecular formula is C19H35N5O6S2. The first-order chi connectivity index (χ1) is 14.9. The second kappa shape index (κ2) is 15.8. The molecule has 0 saturated heterocycles. The first-order valence-corrected chi connectivity index (χ1v) is 12.2. The third-order valence-electron chi connectivity index (χ3n) is 4.42. The number of carboxylic acid groups (broad SMARTS) is 1. The van der Waals surface area contributed by atoms with Crippen molar-refractivity contribution in [1.29, 1.82) is 0 Å². The molecule has 0 spiro atoms. The molecule has 0 aliphatic rings. The van der Waals surface area contributed by atoms with E-state index in [9.17, 15) is 29.1 Å². The van der Waals surface area contributed by atoms with Gasteiger partial charge in [0.15, 0.2) is 0 Å². The Morgan fingerprint density at radius 2 is 1.47 bits per heavy atom. The number of carbonyl (C=O) groups excluding carboxylic acids is 4. The van der Waals surface area contributed by atoms with Gasteiger partial charge in [-0.25, -0.2) is 4.79 Å². The molecule has 8 N–H and O–H groups in total. The van der Waals surface area contributed by atoms with Gasteiger partial charge >= 0.3 is 5.97 Å². The summed E-state index contributed by atoms with van der Waals surface area (Å²) in [6.07, 6.45) is 2.19. The quantitative estimate of drug-likeness (QED) is 0.131. The molecule has 0 aromatic heterocycles. The van der Waals surface area contributed by atoms with Crippen molar-refractivity contribution < 1.29 is 29.1 Å². The van der Waals surface area contributed by atoms with Crippen LogP contribution in [0.1, 0.15) is 39.5 Å². The van der Waals surface area contributed by atoms with Gasteiger partial charge in [0.25, 0.3) is 0 Å². The standard InChI is InChI=1S/C19H35N5O6S2/c1-10(2)8-11(20)16(26)22-12(6-7-32-3)17(27)24-14(9-31)18(28)23-13(19(29)30)4-5-15(21)25/h10-14,31H,4-9,20H2,1-3H3,(H2,21,25)(H,22,26)(H,23,28)(H,24,27)(H,29,30). The molecule has 184 valence electrons. The number of nitrogens with two attached hydrogens (primary N) is 2. The highest BCUT2D eigenvalue weighted by Crippen LogP contribution is 2.06. The van der Waals surface area contributed by atoms with Crippen molar-refractivity contribution in [2.75, 3.05) is 17.8 Å². The number of primary amides is 1. The molecule has 0 saturated carbocycles. The molecule has 0 aliphatic carbocycles. The van der Waals surface area contributed by atoms with E-state index in [2.05, 4.69) is 28.6 Å². The molecule has 0 heterocycles. The lowest BCUT2D eigenvalue weighted by atomic mass is 10.0. The van der Waals surface area contributed by atoms with Crippen LogP contribution in [0.5, 0.6) is 0 Å². The first kappa shape index (κ1) is 30.0. The highest BCUT2D eigenvalue weighted by atomic mass is 32.2. The summed E-state index contributed by atoms with van der Waals surface area (Å²) in [5, 5.41) is 16.6. The Balaban J connectivity index is 5.18. The van der Waals surface area contributed by atoms with Gasteiger partial charge in [-0.1, -0.05) is 13.8 Å². The summed E-state index contributed by atoms with van der Waals surface area (Å²) in [4.78, 5) is 59.9. The van der Waals surface area contributed by atoms with E-state index in [4.69, 9.17) is 11.5 Å². The maximum Gasteiger partial charge on any atom is 0.326 e. The van der Waals surface area contributed by atoms with Gasteiger partial charge in [0.1, 0.15) is 18.1 Å². The number of hydrogen-bond acceptors (Lipinski definition) is 8. The predicted octanol–water partition coefficient (Wildman–Crippen LogP) is -1.15. The van der Waals surface area contributed by atoms with Crippen LogP contribution in [0.3, 0.4) is 0 Å². The molecule has 13 heteroatoms. The van der Waals surface area contributed by atoms with Crippen LogP contribution in [-0.4, -0.2) is 76.6 Å². The lowest BCUT2D eigenvalue weighted by Gasteiger charge is -2.24. The Labute approximate surface area is 198 Å². The minimum atomic E-state index is -1.35. The SMILES string of the molecule is CSCCC(NC(=O)C(N)CC(C)C)C(=O)NC(CS)C(=O)NC(CCC(N)=O)C(=O)O. The number of aliphatic carboxylic acids is 1. The number of hydrogen-bond donors (Lipinski definition) is 7. The fraction of sp³-hybridized carbons (Fsp3) is 0.737. The maximum absolute atomic E-state index is 12.8. The van der Waals surface area contributed by atoms with E-state index in [0.717, 1.165) is 0 Å². The summed E-state index contributed by atoms with van der Waals surface area (Å²) in [7, 11) is 0. The highest BCUT2D eigenvalue weighted by molar-refractivity contribution is 7.98. The summed E-state index contributed by atoms with van der Waals surface area (Å²) in [5.74, 6) is -3.24. The average Bonchev–Trinajstić information content (AvgIpc) is 2.70. The molecule has 0 aromatic carbocycles. The minimum absolute atomic E-state index is 0.115. The zero-order chi connectivity index (χ0) is 24.8. The van der Waals surface area contributed by atoms with E-state index >= 15 is 0 Å². The molecule has 0 rings (SSSR count). The second-order valence-electron chi connectivity index (χ2n) is 7.73. The Hall–Kier alpha value is -1.99. The molecule has 0 fully saturated rings. The van der Waals surface area contributed by atoms with Gasteiger partial charge in [-0.2, -0.15) is 24.4 Å². The number of nitrogens with one attached hydrogen (secondary N) is 3. The van der Waals surface area contributed by atoms with Gasteiger partial charge < -0.3 is 32.5 Å². The number of amides is 4. The lowest BCUT2D eigenvalue weighted by Crippen LogP contribution is -2.57. The zero-order valence-corrected chi connectivity index (χ0v) is 20.3. The van der Waals surface area contributed by atoms with Crippen LogP contribution in [0.25, 0.3) is 0 Å². The molecule has 4 unspecified atom stereocenters. The summed E-state index contributed by atoms with van der Waals surface area (Å²) in [6.45, 7) is 3.85. The van der Waals surface area contributed by atoms with Crippen LogP contribution in [0.4, 0.5) is 0 Å². The van der Waals surface area contributed by atoms with E-state index in [0.29, 0.717) is 18.6 Å². The first-order valence-electron chi connectivity index (χ1n) is 10.2. The second-order valence-corrected chi connectivity index (χ2v) is 9.08. The number of thiol groups is 1. The van der Waals surface area contributed by atoms with Crippen LogP contribution in [0, 0.1) is 5.92 Å². The zero-order valence-electron chi connectivity index (χ0n) is 18.6. The number of carboxylic acids is 1. The maximum atomic E-state index is 12.8. The molecule has 11 nitrogen and oxygen atoms in total. The largest absolute Gasteiger partial charge is 0.480 e. The van der Waals surface area contributed by atoms with Crippen LogP contribution < -0.4 is 27.4 Å². The Morgan fingerprint density at radius 3 is 1.94 bits per heavy atom. The molecular weight excluding hydrogens is 458 g/mol. The van der Waals surface area contributed by atoms with Gasteiger partial charge in [-0.3, -0.25) is 19.2 Å². The van der Waals surface area contributed by atoms with Crippen molar-refractivity contribution in [3.05, 3.63) is 0 Å². The summed E-state index contributed by atoms with van der Waals surface area (Å²) >= 11 is 5.54. The van der Waals surface area contributed by atoms with Crippen LogP contribution >= 0.6 is 24.4 Å². The van der Waals surface area contributed by atoms with Crippen molar-refractivity contribution in [2.45, 2.75) is 63.7 Å². The van der Waals surface area contributed by atoms with Gasteiger partial charge in [0.2, 0.25) is 23.6 Å². The topological polar surface area (TPSA) is 194 Å². The number of carbonyl (C=O) groups is 5. The molecule has 0 radical (unpaired) electrons. The van der Waals surface area contributed by atoms with Crippen LogP contribution in [0.15, 0.2) is 0 Å². The van der Waals surface area contributed by atoms with Gasteiger partial charge in [-0.15, -0.1) is 0 Å². The Bertz CT molecular complexity index is 664. The van der Waals surface area contributed by atoms with Crippen molar-refractivity contribution in [3.8, 4) is 0 Å². The summed E-state index contributed by atoms with van der Waals surface area (Å²) in [5.41, 5.74) is 10.9. The van der Waals surface area contributed by atoms with Gasteiger partial charge in [-0.05, 0) is 37.2 Å². The van der Waals surface area contributed by atoms with Crippen molar-refractivity contribution in [3.63, 3.8) is 0 Å². The highest BCUT2D eigenvalue weighted by Gasteiger charge is 2.29. The molecule has 32 heavy (non-hydrogen) atoms. The van der Waals surface area contributed by atoms with Gasteiger partial charge in [0, 0.05) is 12.2 Å². The third kappa shape index (κ3) is 12.2. The normalized spacial score (nSPS) is 14.7. The van der Waals surface area contributed by atoms with E-state index in [1.165, 1.54) is 11.8 Å². The summed E-state index contributed by atoms with van der Waals surface area (Å²) < 4.78 is 0. The summed E-state index contributed by atoms with van der Waals surface area (Å²) in [6, 6.07) is -4.20. The van der Waals surface area contributed by atoms with E-state index in [1.807, 2.05) is 20.1 Å². The van der Waals surface area contributed by atoms with Crippen LogP contribution in [0.2, 0.25) is 0 Å². The Kier molecular flexibility index (Phi) is 14.8. The third-order valence-corrected chi connectivity index (χ3v) is 5.42. The van der Waals surface area contributed by atoms with Crippen molar-refractivity contribution >= 4 is 54.0 Å². The Morgan fingerprint density at radius 1 is 0.938 bits per heavy atom. The average molecular weight is 494 g/mol. The molecule has 0 aromatic rings. The lowest BCUT2D eigenvalue weighted by molar-refractivity contribution is -0.142. The van der Waals surface area contributed by atoms with E-state index in [1.54, 1.807) is 0 Å². The van der Waals surface area contributed by atoms with Crippen LogP contribution in [-0.2, 0) is 24.0 Å². The number of thioether (sulfide) groups is 1. The number of rotatable bonds is 16.